The van der Waals surface area contributed by atoms with E-state index in [1.165, 1.54) is 6.92 Å². The third-order valence-electron chi connectivity index (χ3n) is 7.25. The van der Waals surface area contributed by atoms with E-state index in [0.717, 1.165) is 17.8 Å². The van der Waals surface area contributed by atoms with Gasteiger partial charge >= 0.3 is 12.0 Å². The maximum atomic E-state index is 14.5. The van der Waals surface area contributed by atoms with Crippen LogP contribution in [0.25, 0.3) is 0 Å². The summed E-state index contributed by atoms with van der Waals surface area (Å²) in [5.41, 5.74) is -3.22. The van der Waals surface area contributed by atoms with Gasteiger partial charge in [-0.05, 0) is 49.4 Å². The van der Waals surface area contributed by atoms with Gasteiger partial charge in [0, 0.05) is 24.6 Å². The SMILES string of the molecule is Cc1c(F)cc(F)cc1CN(CC(=[OH+])c1c(F)cc(F)cc1Cl)C(=O)/C(C=[NH2+])=C(/[NH2+][C@H]1CCCC[C@@H]1C)C(F)(F)F. The van der Waals surface area contributed by atoms with E-state index >= 15 is 0 Å². The number of alkyl halides is 3. The van der Waals surface area contributed by atoms with E-state index in [2.05, 4.69) is 0 Å². The highest BCUT2D eigenvalue weighted by molar-refractivity contribution is 6.34. The Morgan fingerprint density at radius 3 is 2.29 bits per heavy atom. The van der Waals surface area contributed by atoms with Gasteiger partial charge in [-0.25, -0.2) is 17.6 Å². The van der Waals surface area contributed by atoms with Crippen molar-refractivity contribution in [1.82, 2.24) is 4.90 Å². The van der Waals surface area contributed by atoms with Gasteiger partial charge in [0.2, 0.25) is 5.70 Å². The third-order valence-corrected chi connectivity index (χ3v) is 7.55. The fourth-order valence-corrected chi connectivity index (χ4v) is 5.24. The van der Waals surface area contributed by atoms with Crippen LogP contribution < -0.4 is 10.7 Å². The van der Waals surface area contributed by atoms with E-state index in [4.69, 9.17) is 17.0 Å². The molecule has 5 N–H and O–H groups in total. The highest BCUT2D eigenvalue weighted by atomic mass is 35.5. The van der Waals surface area contributed by atoms with Crippen LogP contribution in [0, 0.1) is 36.1 Å². The van der Waals surface area contributed by atoms with Gasteiger partial charge in [0.1, 0.15) is 35.4 Å². The number of amides is 1. The smallest absolute Gasteiger partial charge is 0.321 e. The number of rotatable bonds is 9. The van der Waals surface area contributed by atoms with E-state index in [1.807, 2.05) is 6.92 Å². The average Bonchev–Trinajstić information content (AvgIpc) is 2.86. The maximum absolute atomic E-state index is 14.5. The molecule has 13 heteroatoms. The quantitative estimate of drug-likeness (QED) is 0.146. The maximum Gasteiger partial charge on any atom is 0.467 e. The number of carbonyl (C=O) groups is 1. The van der Waals surface area contributed by atoms with Crippen molar-refractivity contribution in [2.24, 2.45) is 5.92 Å². The predicted molar refractivity (Wildman–Crippen MR) is 138 cm³/mol. The molecule has 41 heavy (non-hydrogen) atoms. The lowest BCUT2D eigenvalue weighted by atomic mass is 9.85. The van der Waals surface area contributed by atoms with Gasteiger partial charge in [-0.3, -0.25) is 15.0 Å². The zero-order valence-corrected chi connectivity index (χ0v) is 23.0. The molecule has 2 aromatic carbocycles. The molecule has 0 aromatic heterocycles. The van der Waals surface area contributed by atoms with Crippen LogP contribution in [0.5, 0.6) is 0 Å². The Morgan fingerprint density at radius 1 is 1.10 bits per heavy atom. The summed E-state index contributed by atoms with van der Waals surface area (Å²) in [4.78, 5) is 25.1. The summed E-state index contributed by atoms with van der Waals surface area (Å²) in [7, 11) is 0. The number of nitrogens with zero attached hydrogens (tertiary/aromatic N) is 1. The Morgan fingerprint density at radius 2 is 1.71 bits per heavy atom. The number of hydrogen-bond acceptors (Lipinski definition) is 1. The number of hydrogen-bond donors (Lipinski definition) is 2. The first kappa shape index (κ1) is 32.3. The molecule has 1 amide bonds. The van der Waals surface area contributed by atoms with Crippen molar-refractivity contribution in [3.63, 3.8) is 0 Å². The molecule has 0 spiro atoms. The molecule has 1 aliphatic carbocycles. The third kappa shape index (κ3) is 7.73. The zero-order chi connectivity index (χ0) is 30.6. The Bertz CT molecular complexity index is 1350. The Labute approximate surface area is 236 Å². The fraction of sp³-hybridized carbons (Fsp3) is 0.393. The van der Waals surface area contributed by atoms with Crippen LogP contribution in [0.3, 0.4) is 0 Å². The van der Waals surface area contributed by atoms with Gasteiger partial charge in [0.05, 0.1) is 11.1 Å². The van der Waals surface area contributed by atoms with E-state index in [0.29, 0.717) is 48.6 Å². The number of nitrogens with two attached hydrogens (primary N) is 2. The summed E-state index contributed by atoms with van der Waals surface area (Å²) in [5, 5.41) is 5.96. The van der Waals surface area contributed by atoms with Crippen LogP contribution in [-0.4, -0.2) is 46.4 Å². The molecular formula is C28H30ClF7N3O2+3. The van der Waals surface area contributed by atoms with Crippen molar-refractivity contribution < 1.29 is 51.0 Å². The Balaban J connectivity index is 2.11. The lowest BCUT2D eigenvalue weighted by Gasteiger charge is -2.28. The second-order valence-electron chi connectivity index (χ2n) is 10.1. The Kier molecular flexibility index (Phi) is 10.4. The molecule has 0 radical (unpaired) electrons. The largest absolute Gasteiger partial charge is 0.467 e. The molecular weight excluding hydrogens is 579 g/mol. The number of halogens is 8. The molecule has 1 saturated carbocycles. The zero-order valence-electron chi connectivity index (χ0n) is 22.3. The van der Waals surface area contributed by atoms with Crippen molar-refractivity contribution in [3.05, 3.63) is 80.5 Å². The van der Waals surface area contributed by atoms with Crippen molar-refractivity contribution in [2.75, 3.05) is 6.54 Å². The number of allylic oxidation sites excluding steroid dienone is 1. The second-order valence-corrected chi connectivity index (χ2v) is 10.5. The van der Waals surface area contributed by atoms with E-state index in [1.54, 1.807) is 0 Å². The molecule has 0 heterocycles. The molecule has 5 nitrogen and oxygen atoms in total. The van der Waals surface area contributed by atoms with Crippen molar-refractivity contribution in [1.29, 1.82) is 0 Å². The molecule has 222 valence electrons. The molecule has 0 bridgehead atoms. The first-order valence-electron chi connectivity index (χ1n) is 12.8. The molecule has 3 rings (SSSR count). The van der Waals surface area contributed by atoms with Gasteiger partial charge < -0.3 is 10.2 Å². The summed E-state index contributed by atoms with van der Waals surface area (Å²) in [5.74, 6) is -6.75. The fourth-order valence-electron chi connectivity index (χ4n) is 4.94. The summed E-state index contributed by atoms with van der Waals surface area (Å²) in [6.45, 7) is 1.41. The minimum absolute atomic E-state index is 0.0924. The minimum Gasteiger partial charge on any atom is -0.321 e. The number of carbonyl (C=O) groups excluding carboxylic acids is 2. The monoisotopic (exact) mass is 608 g/mol. The molecule has 1 aliphatic rings. The van der Waals surface area contributed by atoms with E-state index in [-0.39, 0.29) is 17.0 Å². The van der Waals surface area contributed by atoms with Crippen LogP contribution >= 0.6 is 11.6 Å². The molecule has 0 aliphatic heterocycles. The Hall–Kier alpha value is -3.25. The van der Waals surface area contributed by atoms with E-state index in [9.17, 15) is 40.3 Å². The predicted octanol–water partition coefficient (Wildman–Crippen LogP) is 3.92. The molecule has 0 saturated heterocycles. The minimum atomic E-state index is -5.01. The normalized spacial score (nSPS) is 18.1. The van der Waals surface area contributed by atoms with Gasteiger partial charge in [0.15, 0.2) is 11.8 Å². The average molecular weight is 609 g/mol. The van der Waals surface area contributed by atoms with Gasteiger partial charge in [0.25, 0.3) is 5.91 Å². The second kappa shape index (κ2) is 13.2. The van der Waals surface area contributed by atoms with Gasteiger partial charge in [-0.15, -0.1) is 0 Å². The molecule has 2 aromatic rings. The summed E-state index contributed by atoms with van der Waals surface area (Å²) in [6, 6.07) is 2.07. The van der Waals surface area contributed by atoms with Crippen LogP contribution in [0.15, 0.2) is 35.5 Å². The summed E-state index contributed by atoms with van der Waals surface area (Å²) < 4.78 is 99.4. The molecule has 0 unspecified atom stereocenters. The van der Waals surface area contributed by atoms with Crippen LogP contribution in [-0.2, 0) is 11.3 Å². The summed E-state index contributed by atoms with van der Waals surface area (Å²) in [6.07, 6.45) is -1.80. The number of quaternary nitrogens is 1. The van der Waals surface area contributed by atoms with Crippen LogP contribution in [0.1, 0.15) is 49.3 Å². The van der Waals surface area contributed by atoms with E-state index < -0.39 is 82.1 Å². The van der Waals surface area contributed by atoms with Crippen molar-refractivity contribution in [2.45, 2.75) is 58.3 Å². The standard InChI is InChI=1S/C28H27ClF7N3O2/c1-14-5-3-4-6-23(14)38-26(28(34,35)36)19(11-37)27(41)39(12-16-7-17(30)9-21(32)15(16)2)13-24(40)25-20(29)8-18(31)10-22(25)33/h7-11,14,23,37-38H,3-6,12-13H2,1-2H3/p+3/b26-19+,37-11?/t14-,23-/m0/s1. The first-order chi connectivity index (χ1) is 19.1. The lowest BCUT2D eigenvalue weighted by molar-refractivity contribution is -0.669. The number of ketones is 1. The van der Waals surface area contributed by atoms with Gasteiger partial charge in [-0.1, -0.05) is 24.9 Å². The van der Waals surface area contributed by atoms with Crippen molar-refractivity contribution in [3.8, 4) is 0 Å². The molecule has 2 atom stereocenters. The summed E-state index contributed by atoms with van der Waals surface area (Å²) >= 11 is 5.89. The first-order valence-corrected chi connectivity index (χ1v) is 13.2. The lowest BCUT2D eigenvalue weighted by Crippen LogP contribution is -2.92. The highest BCUT2D eigenvalue weighted by Gasteiger charge is 2.46. The van der Waals surface area contributed by atoms with Crippen LogP contribution in [0.2, 0.25) is 5.02 Å². The topological polar surface area (TPSA) is 83.9 Å². The van der Waals surface area contributed by atoms with Gasteiger partial charge in [-0.2, -0.15) is 13.2 Å². The highest BCUT2D eigenvalue weighted by Crippen LogP contribution is 2.28. The molecule has 1 fully saturated rings. The number of benzene rings is 2. The van der Waals surface area contributed by atoms with Crippen molar-refractivity contribution >= 4 is 29.5 Å². The van der Waals surface area contributed by atoms with Crippen LogP contribution in [0.4, 0.5) is 30.7 Å².